The van der Waals surface area contributed by atoms with Crippen molar-refractivity contribution >= 4 is 21.8 Å². The van der Waals surface area contributed by atoms with Gasteiger partial charge in [-0.15, -0.1) is 0 Å². The standard InChI is InChI=1S/C12H20ClN3O2S/c1-10(14)7-8-15-19(17,18)16(2)9-11-3-5-12(13)6-4-11/h3-6,10,15H,7-9,14H2,1-2H3. The SMILES string of the molecule is CC(N)CCNS(=O)(=O)N(C)Cc1ccc(Cl)cc1. The first kappa shape index (κ1) is 16.4. The molecule has 1 aromatic rings. The van der Waals surface area contributed by atoms with Crippen LogP contribution in [-0.4, -0.2) is 32.4 Å². The number of nitrogens with zero attached hydrogens (tertiary/aromatic N) is 1. The van der Waals surface area contributed by atoms with Crippen LogP contribution >= 0.6 is 11.6 Å². The third kappa shape index (κ3) is 5.88. The molecule has 0 radical (unpaired) electrons. The third-order valence-corrected chi connectivity index (χ3v) is 4.38. The molecule has 5 nitrogen and oxygen atoms in total. The van der Waals surface area contributed by atoms with Crippen molar-refractivity contribution in [3.8, 4) is 0 Å². The van der Waals surface area contributed by atoms with Crippen molar-refractivity contribution in [1.29, 1.82) is 0 Å². The Hall–Kier alpha value is -0.660. The Morgan fingerprint density at radius 1 is 1.37 bits per heavy atom. The Balaban J connectivity index is 2.55. The van der Waals surface area contributed by atoms with Crippen LogP contribution in [0.3, 0.4) is 0 Å². The zero-order valence-corrected chi connectivity index (χ0v) is 12.7. The van der Waals surface area contributed by atoms with Crippen LogP contribution in [0.4, 0.5) is 0 Å². The minimum atomic E-state index is -3.47. The number of hydrogen-bond donors (Lipinski definition) is 2. The van der Waals surface area contributed by atoms with Crippen molar-refractivity contribution in [3.63, 3.8) is 0 Å². The first-order valence-electron chi connectivity index (χ1n) is 6.02. The smallest absolute Gasteiger partial charge is 0.279 e. The monoisotopic (exact) mass is 305 g/mol. The van der Waals surface area contributed by atoms with Crippen LogP contribution in [0.2, 0.25) is 5.02 Å². The third-order valence-electron chi connectivity index (χ3n) is 2.61. The topological polar surface area (TPSA) is 75.4 Å². The van der Waals surface area contributed by atoms with Gasteiger partial charge < -0.3 is 5.73 Å². The molecule has 0 fully saturated rings. The summed E-state index contributed by atoms with van der Waals surface area (Å²) in [5, 5.41) is 0.629. The zero-order chi connectivity index (χ0) is 14.5. The van der Waals surface area contributed by atoms with Gasteiger partial charge in [0.05, 0.1) is 0 Å². The Morgan fingerprint density at radius 2 is 1.95 bits per heavy atom. The van der Waals surface area contributed by atoms with Crippen molar-refractivity contribution in [2.45, 2.75) is 25.9 Å². The van der Waals surface area contributed by atoms with Crippen LogP contribution in [0.5, 0.6) is 0 Å². The summed E-state index contributed by atoms with van der Waals surface area (Å²) in [7, 11) is -1.94. The quantitative estimate of drug-likeness (QED) is 0.798. The molecule has 3 N–H and O–H groups in total. The van der Waals surface area contributed by atoms with E-state index in [0.29, 0.717) is 24.5 Å². The first-order chi connectivity index (χ1) is 8.81. The summed E-state index contributed by atoms with van der Waals surface area (Å²) in [6.45, 7) is 2.47. The summed E-state index contributed by atoms with van der Waals surface area (Å²) in [4.78, 5) is 0. The molecule has 0 aliphatic carbocycles. The maximum Gasteiger partial charge on any atom is 0.279 e. The highest BCUT2D eigenvalue weighted by molar-refractivity contribution is 7.87. The van der Waals surface area contributed by atoms with Crippen LogP contribution in [0.1, 0.15) is 18.9 Å². The molecular formula is C12H20ClN3O2S. The Labute approximate surface area is 119 Å². The number of benzene rings is 1. The predicted molar refractivity (Wildman–Crippen MR) is 78.1 cm³/mol. The molecule has 0 saturated heterocycles. The van der Waals surface area contributed by atoms with E-state index in [9.17, 15) is 8.42 Å². The van der Waals surface area contributed by atoms with Crippen molar-refractivity contribution in [1.82, 2.24) is 9.03 Å². The zero-order valence-electron chi connectivity index (χ0n) is 11.1. The lowest BCUT2D eigenvalue weighted by atomic mass is 10.2. The van der Waals surface area contributed by atoms with Gasteiger partial charge in [-0.3, -0.25) is 0 Å². The van der Waals surface area contributed by atoms with E-state index in [0.717, 1.165) is 5.56 Å². The largest absolute Gasteiger partial charge is 0.328 e. The van der Waals surface area contributed by atoms with Crippen LogP contribution in [0.15, 0.2) is 24.3 Å². The molecule has 0 bridgehead atoms. The fourth-order valence-electron chi connectivity index (χ4n) is 1.46. The van der Waals surface area contributed by atoms with Crippen LogP contribution < -0.4 is 10.5 Å². The molecule has 7 heteroatoms. The average Bonchev–Trinajstić information content (AvgIpc) is 2.31. The van der Waals surface area contributed by atoms with E-state index in [2.05, 4.69) is 4.72 Å². The number of nitrogens with one attached hydrogen (secondary N) is 1. The van der Waals surface area contributed by atoms with Gasteiger partial charge in [0.25, 0.3) is 10.2 Å². The molecule has 1 unspecified atom stereocenters. The Kier molecular flexibility index (Phi) is 6.22. The first-order valence-corrected chi connectivity index (χ1v) is 7.84. The molecule has 0 saturated carbocycles. The lowest BCUT2D eigenvalue weighted by molar-refractivity contribution is 0.453. The minimum absolute atomic E-state index is 0.0238. The van der Waals surface area contributed by atoms with Gasteiger partial charge >= 0.3 is 0 Å². The van der Waals surface area contributed by atoms with Gasteiger partial charge in [0, 0.05) is 31.2 Å². The van der Waals surface area contributed by atoms with Gasteiger partial charge in [-0.25, -0.2) is 4.72 Å². The highest BCUT2D eigenvalue weighted by Crippen LogP contribution is 2.11. The summed E-state index contributed by atoms with van der Waals surface area (Å²) >= 11 is 5.78. The van der Waals surface area contributed by atoms with E-state index >= 15 is 0 Å². The molecular weight excluding hydrogens is 286 g/mol. The fourth-order valence-corrected chi connectivity index (χ4v) is 2.50. The second-order valence-corrected chi connectivity index (χ2v) is 6.85. The van der Waals surface area contributed by atoms with E-state index in [-0.39, 0.29) is 6.04 Å². The van der Waals surface area contributed by atoms with E-state index < -0.39 is 10.2 Å². The summed E-state index contributed by atoms with van der Waals surface area (Å²) < 4.78 is 27.6. The van der Waals surface area contributed by atoms with Crippen molar-refractivity contribution in [2.75, 3.05) is 13.6 Å². The molecule has 108 valence electrons. The van der Waals surface area contributed by atoms with E-state index in [1.165, 1.54) is 11.4 Å². The fraction of sp³-hybridized carbons (Fsp3) is 0.500. The predicted octanol–water partition coefficient (Wildman–Crippen LogP) is 1.34. The molecule has 1 rings (SSSR count). The molecule has 0 amide bonds. The van der Waals surface area contributed by atoms with Crippen LogP contribution in [-0.2, 0) is 16.8 Å². The molecule has 0 aliphatic rings. The lowest BCUT2D eigenvalue weighted by Crippen LogP contribution is -2.39. The molecule has 1 aromatic carbocycles. The molecule has 0 aliphatic heterocycles. The number of nitrogens with two attached hydrogens (primary N) is 1. The summed E-state index contributed by atoms with van der Waals surface area (Å²) in [6, 6.07) is 7.05. The number of halogens is 1. The second kappa shape index (κ2) is 7.21. The number of rotatable bonds is 7. The molecule has 0 aromatic heterocycles. The molecule has 19 heavy (non-hydrogen) atoms. The summed E-state index contributed by atoms with van der Waals surface area (Å²) in [5.74, 6) is 0. The summed E-state index contributed by atoms with van der Waals surface area (Å²) in [5.41, 5.74) is 6.45. The van der Waals surface area contributed by atoms with E-state index in [1.807, 2.05) is 6.92 Å². The lowest BCUT2D eigenvalue weighted by Gasteiger charge is -2.18. The van der Waals surface area contributed by atoms with Gasteiger partial charge in [-0.1, -0.05) is 23.7 Å². The highest BCUT2D eigenvalue weighted by atomic mass is 35.5. The maximum atomic E-state index is 11.9. The molecule has 1 atom stereocenters. The average molecular weight is 306 g/mol. The van der Waals surface area contributed by atoms with Crippen LogP contribution in [0, 0.1) is 0 Å². The number of hydrogen-bond acceptors (Lipinski definition) is 3. The van der Waals surface area contributed by atoms with Gasteiger partial charge in [0.15, 0.2) is 0 Å². The minimum Gasteiger partial charge on any atom is -0.328 e. The molecule has 0 heterocycles. The summed E-state index contributed by atoms with van der Waals surface area (Å²) in [6.07, 6.45) is 0.605. The van der Waals surface area contributed by atoms with Crippen molar-refractivity contribution in [3.05, 3.63) is 34.9 Å². The van der Waals surface area contributed by atoms with Crippen molar-refractivity contribution in [2.24, 2.45) is 5.73 Å². The van der Waals surface area contributed by atoms with Gasteiger partial charge in [0.1, 0.15) is 0 Å². The van der Waals surface area contributed by atoms with E-state index in [1.54, 1.807) is 24.3 Å². The van der Waals surface area contributed by atoms with Gasteiger partial charge in [0.2, 0.25) is 0 Å². The van der Waals surface area contributed by atoms with Gasteiger partial charge in [-0.2, -0.15) is 12.7 Å². The second-order valence-electron chi connectivity index (χ2n) is 4.55. The van der Waals surface area contributed by atoms with Crippen LogP contribution in [0.25, 0.3) is 0 Å². The van der Waals surface area contributed by atoms with Crippen molar-refractivity contribution < 1.29 is 8.42 Å². The molecule has 0 spiro atoms. The Morgan fingerprint density at radius 3 is 2.47 bits per heavy atom. The highest BCUT2D eigenvalue weighted by Gasteiger charge is 2.17. The van der Waals surface area contributed by atoms with Gasteiger partial charge in [-0.05, 0) is 31.0 Å². The Bertz CT molecular complexity index is 488. The maximum absolute atomic E-state index is 11.9. The van der Waals surface area contributed by atoms with E-state index in [4.69, 9.17) is 17.3 Å². The normalized spacial score (nSPS) is 13.7.